The Labute approximate surface area is 281 Å². The van der Waals surface area contributed by atoms with Crippen LogP contribution in [0.3, 0.4) is 0 Å². The smallest absolute Gasteiger partial charge is 0.482 e. The Morgan fingerprint density at radius 1 is 0.571 bits per heavy atom. The van der Waals surface area contributed by atoms with E-state index in [0.717, 1.165) is 32.7 Å². The Balaban J connectivity index is 1.37. The van der Waals surface area contributed by atoms with Crippen molar-refractivity contribution < 1.29 is 50.5 Å². The summed E-state index contributed by atoms with van der Waals surface area (Å²) in [6.45, 7) is -0.439. The minimum Gasteiger partial charge on any atom is -0.482 e. The van der Waals surface area contributed by atoms with E-state index in [4.69, 9.17) is 9.84 Å². The molecule has 0 bridgehead atoms. The Hall–Kier alpha value is -5.36. The number of hydrogen-bond donors (Lipinski definition) is 1. The third kappa shape index (κ3) is 10.6. The third-order valence-corrected chi connectivity index (χ3v) is 7.90. The minimum absolute atomic E-state index is 0.313. The molecule has 252 valence electrons. The molecule has 0 radical (unpaired) electrons. The lowest BCUT2D eigenvalue weighted by atomic mass is 9.94. The first-order valence-corrected chi connectivity index (χ1v) is 15.5. The quantitative estimate of drug-likeness (QED) is 0.103. The normalized spacial score (nSPS) is 11.5. The van der Waals surface area contributed by atoms with Gasteiger partial charge in [-0.3, -0.25) is 0 Å². The zero-order valence-corrected chi connectivity index (χ0v) is 26.1. The van der Waals surface area contributed by atoms with E-state index in [0.29, 0.717) is 22.6 Å². The molecule has 0 aromatic heterocycles. The summed E-state index contributed by atoms with van der Waals surface area (Å²) in [5.41, 5.74) is 5.63. The van der Waals surface area contributed by atoms with E-state index in [1.807, 2.05) is 60.7 Å². The van der Waals surface area contributed by atoms with E-state index in [-0.39, 0.29) is 11.5 Å². The fraction of sp³-hybridized carbons (Fsp3) is 0.108. The number of aliphatic carboxylic acids is 1. The van der Waals surface area contributed by atoms with E-state index in [2.05, 4.69) is 15.5 Å². The predicted octanol–water partition coefficient (Wildman–Crippen LogP) is 10.5. The molecular weight excluding hydrogens is 670 g/mol. The standard InChI is InChI=1S/C37H26F6O5S/c38-36(39,40)47-31-13-9-26(10-14-31)24-1-5-28(6-2-24)34(21-22-49-33-19-17-30(18-20-33)46-23-35(44)45)29-7-3-25(4-8-29)27-11-15-32(16-12-27)48-37(41,42)43/h1-21H,22-23H2,(H,44,45). The molecule has 0 aliphatic heterocycles. The van der Waals surface area contributed by atoms with Crippen LogP contribution in [0.1, 0.15) is 11.1 Å². The van der Waals surface area contributed by atoms with Crippen molar-refractivity contribution in [2.45, 2.75) is 17.6 Å². The number of halogens is 6. The highest BCUT2D eigenvalue weighted by Gasteiger charge is 2.31. The van der Waals surface area contributed by atoms with Gasteiger partial charge in [0.2, 0.25) is 0 Å². The van der Waals surface area contributed by atoms with Crippen LogP contribution in [0.4, 0.5) is 26.3 Å². The van der Waals surface area contributed by atoms with Crippen LogP contribution < -0.4 is 14.2 Å². The van der Waals surface area contributed by atoms with Crippen molar-refractivity contribution in [3.05, 3.63) is 139 Å². The number of carboxylic acids is 1. The molecule has 0 saturated carbocycles. The summed E-state index contributed by atoms with van der Waals surface area (Å²) in [6.07, 6.45) is -7.51. The van der Waals surface area contributed by atoms with Crippen LogP contribution >= 0.6 is 11.8 Å². The second-order valence-electron chi connectivity index (χ2n) is 10.4. The van der Waals surface area contributed by atoms with Crippen LogP contribution in [0.5, 0.6) is 17.2 Å². The fourth-order valence-corrected chi connectivity index (χ4v) is 5.55. The van der Waals surface area contributed by atoms with Gasteiger partial charge in [-0.05, 0) is 87.5 Å². The van der Waals surface area contributed by atoms with E-state index in [1.54, 1.807) is 48.2 Å². The Morgan fingerprint density at radius 3 is 1.31 bits per heavy atom. The van der Waals surface area contributed by atoms with Crippen LogP contribution in [0.15, 0.2) is 132 Å². The van der Waals surface area contributed by atoms with Gasteiger partial charge < -0.3 is 19.3 Å². The van der Waals surface area contributed by atoms with Gasteiger partial charge >= 0.3 is 18.7 Å². The molecule has 5 rings (SSSR count). The lowest BCUT2D eigenvalue weighted by Crippen LogP contribution is -2.16. The molecule has 0 unspecified atom stereocenters. The molecule has 0 atom stereocenters. The number of hydrogen-bond acceptors (Lipinski definition) is 5. The number of rotatable bonds is 12. The number of carbonyl (C=O) groups is 1. The number of alkyl halides is 6. The maximum Gasteiger partial charge on any atom is 0.573 e. The summed E-state index contributed by atoms with van der Waals surface area (Å²) in [4.78, 5) is 11.7. The van der Waals surface area contributed by atoms with E-state index in [9.17, 15) is 31.1 Å². The molecule has 0 aliphatic rings. The highest BCUT2D eigenvalue weighted by molar-refractivity contribution is 7.99. The van der Waals surface area contributed by atoms with Crippen molar-refractivity contribution >= 4 is 23.3 Å². The highest BCUT2D eigenvalue weighted by Crippen LogP contribution is 2.33. The van der Waals surface area contributed by atoms with Gasteiger partial charge in [-0.1, -0.05) is 78.9 Å². The van der Waals surface area contributed by atoms with E-state index >= 15 is 0 Å². The Kier molecular flexibility index (Phi) is 10.9. The first kappa shape index (κ1) is 35.0. The molecule has 0 fully saturated rings. The number of ether oxygens (including phenoxy) is 3. The van der Waals surface area contributed by atoms with Gasteiger partial charge in [0, 0.05) is 10.6 Å². The van der Waals surface area contributed by atoms with E-state index < -0.39 is 25.3 Å². The van der Waals surface area contributed by atoms with Gasteiger partial charge in [0.25, 0.3) is 0 Å². The summed E-state index contributed by atoms with van der Waals surface area (Å²) in [5.74, 6) is -0.693. The van der Waals surface area contributed by atoms with Crippen molar-refractivity contribution in [1.29, 1.82) is 0 Å². The van der Waals surface area contributed by atoms with Gasteiger partial charge in [0.15, 0.2) is 6.61 Å². The summed E-state index contributed by atoms with van der Waals surface area (Å²) < 4.78 is 88.5. The Morgan fingerprint density at radius 2 is 0.939 bits per heavy atom. The summed E-state index contributed by atoms with van der Waals surface area (Å²) in [6, 6.07) is 33.3. The van der Waals surface area contributed by atoms with Gasteiger partial charge in [-0.2, -0.15) is 0 Å². The Bertz CT molecular complexity index is 1760. The van der Waals surface area contributed by atoms with Crippen molar-refractivity contribution in [2.75, 3.05) is 12.4 Å². The van der Waals surface area contributed by atoms with Crippen LogP contribution in [-0.4, -0.2) is 36.2 Å². The maximum absolute atomic E-state index is 12.6. The summed E-state index contributed by atoms with van der Waals surface area (Å²) in [5, 5.41) is 8.81. The minimum atomic E-state index is -4.78. The molecule has 5 nitrogen and oxygen atoms in total. The number of carboxylic acid groups (broad SMARTS) is 1. The maximum atomic E-state index is 12.6. The van der Waals surface area contributed by atoms with Crippen molar-refractivity contribution in [2.24, 2.45) is 0 Å². The van der Waals surface area contributed by atoms with Crippen molar-refractivity contribution in [3.8, 4) is 39.5 Å². The molecule has 12 heteroatoms. The average molecular weight is 697 g/mol. The number of benzene rings is 5. The van der Waals surface area contributed by atoms with Crippen LogP contribution in [0.25, 0.3) is 27.8 Å². The number of thioether (sulfide) groups is 1. The summed E-state index contributed by atoms with van der Waals surface area (Å²) in [7, 11) is 0. The molecular formula is C37H26F6O5S. The monoisotopic (exact) mass is 696 g/mol. The molecule has 49 heavy (non-hydrogen) atoms. The SMILES string of the molecule is O=C(O)COc1ccc(SCC=C(c2ccc(-c3ccc(OC(F)(F)F)cc3)cc2)c2ccc(-c3ccc(OC(F)(F)F)cc3)cc2)cc1. The van der Waals surface area contributed by atoms with Crippen LogP contribution in [0, 0.1) is 0 Å². The van der Waals surface area contributed by atoms with Crippen molar-refractivity contribution in [1.82, 2.24) is 0 Å². The zero-order valence-electron chi connectivity index (χ0n) is 25.3. The first-order valence-electron chi connectivity index (χ1n) is 14.5. The average Bonchev–Trinajstić information content (AvgIpc) is 3.06. The van der Waals surface area contributed by atoms with Gasteiger partial charge in [0.1, 0.15) is 17.2 Å². The second kappa shape index (κ2) is 15.2. The molecule has 0 spiro atoms. The lowest BCUT2D eigenvalue weighted by Gasteiger charge is -2.13. The van der Waals surface area contributed by atoms with E-state index in [1.165, 1.54) is 24.3 Å². The topological polar surface area (TPSA) is 65.0 Å². The molecule has 0 amide bonds. The third-order valence-electron chi connectivity index (χ3n) is 6.96. The molecule has 5 aromatic carbocycles. The first-order chi connectivity index (χ1) is 23.3. The van der Waals surface area contributed by atoms with Crippen LogP contribution in [0.2, 0.25) is 0 Å². The molecule has 5 aromatic rings. The molecule has 0 heterocycles. The molecule has 0 saturated heterocycles. The molecule has 1 N–H and O–H groups in total. The van der Waals surface area contributed by atoms with Crippen molar-refractivity contribution in [3.63, 3.8) is 0 Å². The van der Waals surface area contributed by atoms with Gasteiger partial charge in [-0.15, -0.1) is 38.1 Å². The highest BCUT2D eigenvalue weighted by atomic mass is 32.2. The lowest BCUT2D eigenvalue weighted by molar-refractivity contribution is -0.275. The second-order valence-corrected chi connectivity index (χ2v) is 11.5. The fourth-order valence-electron chi connectivity index (χ4n) is 4.78. The summed E-state index contributed by atoms with van der Waals surface area (Å²) >= 11 is 1.55. The van der Waals surface area contributed by atoms with Gasteiger partial charge in [-0.25, -0.2) is 4.79 Å². The van der Waals surface area contributed by atoms with Gasteiger partial charge in [0.05, 0.1) is 0 Å². The zero-order chi connectivity index (χ0) is 35.0. The van der Waals surface area contributed by atoms with Crippen LogP contribution in [-0.2, 0) is 4.79 Å². The predicted molar refractivity (Wildman–Crippen MR) is 174 cm³/mol. The largest absolute Gasteiger partial charge is 0.573 e. The molecule has 0 aliphatic carbocycles.